The molecule has 1 fully saturated rings. The first-order valence-electron chi connectivity index (χ1n) is 7.62. The summed E-state index contributed by atoms with van der Waals surface area (Å²) < 4.78 is 5.18. The maximum absolute atomic E-state index is 11.2. The summed E-state index contributed by atoms with van der Waals surface area (Å²) in [5.41, 5.74) is 1.26. The van der Waals surface area contributed by atoms with Crippen molar-refractivity contribution in [3.8, 4) is 5.75 Å². The van der Waals surface area contributed by atoms with E-state index < -0.39 is 5.97 Å². The molecule has 1 aliphatic rings. The van der Waals surface area contributed by atoms with E-state index in [1.165, 1.54) is 5.56 Å². The lowest BCUT2D eigenvalue weighted by molar-refractivity contribution is -0.144. The van der Waals surface area contributed by atoms with Crippen LogP contribution >= 0.6 is 0 Å². The Kier molecular flexibility index (Phi) is 5.23. The zero-order valence-corrected chi connectivity index (χ0v) is 13.1. The van der Waals surface area contributed by atoms with Crippen LogP contribution in [0.25, 0.3) is 0 Å². The number of carbonyl (C=O) groups is 1. The molecule has 0 aliphatic carbocycles. The Balaban J connectivity index is 1.99. The predicted molar refractivity (Wildman–Crippen MR) is 82.8 cm³/mol. The van der Waals surface area contributed by atoms with Gasteiger partial charge < -0.3 is 9.84 Å². The van der Waals surface area contributed by atoms with Gasteiger partial charge in [0.1, 0.15) is 5.75 Å². The van der Waals surface area contributed by atoms with Crippen LogP contribution < -0.4 is 4.74 Å². The summed E-state index contributed by atoms with van der Waals surface area (Å²) in [7, 11) is 1.67. The molecule has 3 atom stereocenters. The highest BCUT2D eigenvalue weighted by atomic mass is 16.5. The number of carboxylic acid groups (broad SMARTS) is 1. The number of benzene rings is 1. The predicted octanol–water partition coefficient (Wildman–Crippen LogP) is 2.98. The van der Waals surface area contributed by atoms with E-state index in [0.717, 1.165) is 25.1 Å². The average Bonchev–Trinajstić information content (AvgIpc) is 2.49. The lowest BCUT2D eigenvalue weighted by atomic mass is 9.91. The number of likely N-dealkylation sites (tertiary alicyclic amines) is 1. The molecule has 0 spiro atoms. The summed E-state index contributed by atoms with van der Waals surface area (Å²) in [6, 6.07) is 8.60. The molecule has 1 heterocycles. The highest BCUT2D eigenvalue weighted by Crippen LogP contribution is 2.26. The van der Waals surface area contributed by atoms with Gasteiger partial charge in [-0.2, -0.15) is 0 Å². The van der Waals surface area contributed by atoms with E-state index in [1.807, 2.05) is 12.1 Å². The Morgan fingerprint density at radius 2 is 2.05 bits per heavy atom. The van der Waals surface area contributed by atoms with Crippen LogP contribution in [0.4, 0.5) is 0 Å². The minimum Gasteiger partial charge on any atom is -0.497 e. The van der Waals surface area contributed by atoms with Gasteiger partial charge in [0.05, 0.1) is 13.0 Å². The van der Waals surface area contributed by atoms with Crippen molar-refractivity contribution in [1.29, 1.82) is 0 Å². The molecule has 1 saturated heterocycles. The van der Waals surface area contributed by atoms with Crippen molar-refractivity contribution in [2.24, 2.45) is 5.92 Å². The maximum atomic E-state index is 11.2. The maximum Gasteiger partial charge on any atom is 0.307 e. The Labute approximate surface area is 126 Å². The van der Waals surface area contributed by atoms with Gasteiger partial charge in [-0.3, -0.25) is 9.69 Å². The van der Waals surface area contributed by atoms with Crippen LogP contribution in [0.1, 0.15) is 38.2 Å². The second kappa shape index (κ2) is 6.94. The number of carboxylic acids is 1. The van der Waals surface area contributed by atoms with Crippen molar-refractivity contribution in [2.45, 2.75) is 38.6 Å². The third-order valence-electron chi connectivity index (χ3n) is 4.55. The molecule has 0 aromatic heterocycles. The van der Waals surface area contributed by atoms with Crippen molar-refractivity contribution < 1.29 is 14.6 Å². The molecule has 21 heavy (non-hydrogen) atoms. The van der Waals surface area contributed by atoms with Crippen molar-refractivity contribution in [3.05, 3.63) is 29.8 Å². The molecule has 1 aromatic carbocycles. The molecule has 1 aliphatic heterocycles. The Bertz CT molecular complexity index is 471. The molecule has 4 nitrogen and oxygen atoms in total. The lowest BCUT2D eigenvalue weighted by Crippen LogP contribution is -2.45. The highest BCUT2D eigenvalue weighted by molar-refractivity contribution is 5.70. The average molecular weight is 291 g/mol. The molecule has 1 N–H and O–H groups in total. The van der Waals surface area contributed by atoms with Gasteiger partial charge in [0.15, 0.2) is 0 Å². The first-order chi connectivity index (χ1) is 10.0. The molecule has 116 valence electrons. The van der Waals surface area contributed by atoms with E-state index in [1.54, 1.807) is 7.11 Å². The molecule has 0 radical (unpaired) electrons. The van der Waals surface area contributed by atoms with Crippen molar-refractivity contribution >= 4 is 5.97 Å². The summed E-state index contributed by atoms with van der Waals surface area (Å²) in [5, 5.41) is 9.21. The van der Waals surface area contributed by atoms with Gasteiger partial charge in [-0.25, -0.2) is 0 Å². The third kappa shape index (κ3) is 3.97. The summed E-state index contributed by atoms with van der Waals surface area (Å²) in [5.74, 6) is 0.363. The van der Waals surface area contributed by atoms with Gasteiger partial charge in [-0.1, -0.05) is 19.1 Å². The summed E-state index contributed by atoms with van der Waals surface area (Å²) in [6.45, 7) is 5.95. The lowest BCUT2D eigenvalue weighted by Gasteiger charge is -2.38. The van der Waals surface area contributed by atoms with E-state index in [0.29, 0.717) is 18.5 Å². The van der Waals surface area contributed by atoms with Crippen LogP contribution in [-0.4, -0.2) is 42.2 Å². The molecule has 3 unspecified atom stereocenters. The van der Waals surface area contributed by atoms with E-state index in [4.69, 9.17) is 4.74 Å². The third-order valence-corrected chi connectivity index (χ3v) is 4.55. The molecule has 4 heteroatoms. The largest absolute Gasteiger partial charge is 0.497 e. The topological polar surface area (TPSA) is 49.8 Å². The number of rotatable bonds is 5. The van der Waals surface area contributed by atoms with Crippen molar-refractivity contribution in [1.82, 2.24) is 4.90 Å². The number of methoxy groups -OCH3 is 1. The zero-order chi connectivity index (χ0) is 15.4. The minimum atomic E-state index is -0.663. The Morgan fingerprint density at radius 3 is 2.62 bits per heavy atom. The highest BCUT2D eigenvalue weighted by Gasteiger charge is 2.30. The smallest absolute Gasteiger partial charge is 0.307 e. The molecule has 0 amide bonds. The molecular formula is C17H25NO3. The first kappa shape index (κ1) is 15.8. The van der Waals surface area contributed by atoms with Crippen LogP contribution in [0.5, 0.6) is 5.75 Å². The molecule has 0 saturated carbocycles. The number of nitrogens with zero attached hydrogens (tertiary/aromatic N) is 1. The van der Waals surface area contributed by atoms with Crippen LogP contribution in [0.3, 0.4) is 0 Å². The van der Waals surface area contributed by atoms with Gasteiger partial charge in [-0.15, -0.1) is 0 Å². The van der Waals surface area contributed by atoms with E-state index in [2.05, 4.69) is 30.9 Å². The number of hydrogen-bond acceptors (Lipinski definition) is 3. The summed E-state index contributed by atoms with van der Waals surface area (Å²) in [4.78, 5) is 13.5. The number of piperidine rings is 1. The van der Waals surface area contributed by atoms with Gasteiger partial charge in [0.2, 0.25) is 0 Å². The number of aliphatic carboxylic acids is 1. The fraction of sp³-hybridized carbons (Fsp3) is 0.588. The number of hydrogen-bond donors (Lipinski definition) is 1. The normalized spacial score (nSPS) is 24.5. The quantitative estimate of drug-likeness (QED) is 0.906. The Morgan fingerprint density at radius 1 is 1.38 bits per heavy atom. The molecule has 1 aromatic rings. The van der Waals surface area contributed by atoms with Gasteiger partial charge in [-0.05, 0) is 43.4 Å². The minimum absolute atomic E-state index is 0.218. The van der Waals surface area contributed by atoms with E-state index >= 15 is 0 Å². The van der Waals surface area contributed by atoms with Crippen LogP contribution in [0, 0.1) is 5.92 Å². The first-order valence-corrected chi connectivity index (χ1v) is 7.62. The fourth-order valence-electron chi connectivity index (χ4n) is 3.02. The summed E-state index contributed by atoms with van der Waals surface area (Å²) >= 11 is 0. The monoisotopic (exact) mass is 291 g/mol. The summed E-state index contributed by atoms with van der Waals surface area (Å²) in [6.07, 6.45) is 1.76. The molecule has 2 rings (SSSR count). The fourth-order valence-corrected chi connectivity index (χ4v) is 3.02. The van der Waals surface area contributed by atoms with Gasteiger partial charge in [0, 0.05) is 19.1 Å². The van der Waals surface area contributed by atoms with Crippen molar-refractivity contribution in [3.63, 3.8) is 0 Å². The van der Waals surface area contributed by atoms with Gasteiger partial charge in [0.25, 0.3) is 0 Å². The second-order valence-corrected chi connectivity index (χ2v) is 6.09. The molecular weight excluding hydrogens is 266 g/mol. The van der Waals surface area contributed by atoms with Crippen molar-refractivity contribution in [2.75, 3.05) is 20.2 Å². The Hall–Kier alpha value is -1.55. The van der Waals surface area contributed by atoms with Gasteiger partial charge >= 0.3 is 5.97 Å². The van der Waals surface area contributed by atoms with Crippen LogP contribution in [0.15, 0.2) is 24.3 Å². The standard InChI is InChI=1S/C17H25NO3/c1-12(14-6-8-16(21-3)9-7-14)10-18-11-15(17(19)20)5-4-13(18)2/h6-9,12-13,15H,4-5,10-11H2,1-3H3,(H,19,20). The van der Waals surface area contributed by atoms with Crippen LogP contribution in [0.2, 0.25) is 0 Å². The van der Waals surface area contributed by atoms with E-state index in [-0.39, 0.29) is 5.92 Å². The second-order valence-electron chi connectivity index (χ2n) is 6.09. The zero-order valence-electron chi connectivity index (χ0n) is 13.1. The van der Waals surface area contributed by atoms with Crippen LogP contribution in [-0.2, 0) is 4.79 Å². The molecule has 0 bridgehead atoms. The SMILES string of the molecule is COc1ccc(C(C)CN2CC(C(=O)O)CCC2C)cc1. The number of ether oxygens (including phenoxy) is 1. The van der Waals surface area contributed by atoms with E-state index in [9.17, 15) is 9.90 Å².